The smallest absolute Gasteiger partial charge is 0.225 e. The SMILES string of the molecule is COc1ccc(C)cc1[C@H](C)NC(=O)[C@@H]1CCCN(c2ccc(Cl)nn2)C1. The maximum atomic E-state index is 12.9. The van der Waals surface area contributed by atoms with Gasteiger partial charge in [0.25, 0.3) is 0 Å². The molecule has 2 atom stereocenters. The maximum absolute atomic E-state index is 12.9. The Labute approximate surface area is 164 Å². The van der Waals surface area contributed by atoms with Gasteiger partial charge in [0.2, 0.25) is 5.91 Å². The third kappa shape index (κ3) is 4.69. The molecule has 0 bridgehead atoms. The summed E-state index contributed by atoms with van der Waals surface area (Å²) in [6.45, 7) is 5.51. The number of hydrogen-bond donors (Lipinski definition) is 1. The number of nitrogens with one attached hydrogen (secondary N) is 1. The lowest BCUT2D eigenvalue weighted by Crippen LogP contribution is -2.44. The summed E-state index contributed by atoms with van der Waals surface area (Å²) in [5.74, 6) is 1.51. The zero-order chi connectivity index (χ0) is 19.4. The molecule has 1 N–H and O–H groups in total. The summed E-state index contributed by atoms with van der Waals surface area (Å²) in [5.41, 5.74) is 2.12. The van der Waals surface area contributed by atoms with Crippen LogP contribution in [0.1, 0.15) is 36.9 Å². The Bertz CT molecular complexity index is 797. The van der Waals surface area contributed by atoms with E-state index >= 15 is 0 Å². The quantitative estimate of drug-likeness (QED) is 0.848. The second-order valence-corrected chi connectivity index (χ2v) is 7.36. The molecule has 3 rings (SSSR count). The third-order valence-electron chi connectivity index (χ3n) is 4.94. The van der Waals surface area contributed by atoms with E-state index in [-0.39, 0.29) is 17.9 Å². The Balaban J connectivity index is 1.67. The predicted octanol–water partition coefficient (Wildman–Crippen LogP) is 3.54. The van der Waals surface area contributed by atoms with Gasteiger partial charge in [-0.3, -0.25) is 4.79 Å². The molecule has 144 valence electrons. The van der Waals surface area contributed by atoms with Gasteiger partial charge in [0.1, 0.15) is 5.75 Å². The van der Waals surface area contributed by atoms with E-state index in [9.17, 15) is 4.79 Å². The molecule has 1 aliphatic heterocycles. The molecule has 0 radical (unpaired) electrons. The van der Waals surface area contributed by atoms with E-state index in [1.807, 2.05) is 32.0 Å². The Morgan fingerprint density at radius 1 is 1.33 bits per heavy atom. The lowest BCUT2D eigenvalue weighted by atomic mass is 9.96. The van der Waals surface area contributed by atoms with Crippen molar-refractivity contribution in [1.82, 2.24) is 15.5 Å². The molecule has 1 saturated heterocycles. The van der Waals surface area contributed by atoms with E-state index in [4.69, 9.17) is 16.3 Å². The number of benzene rings is 1. The molecule has 2 aromatic rings. The number of aryl methyl sites for hydroxylation is 1. The van der Waals surface area contributed by atoms with Crippen LogP contribution in [0.2, 0.25) is 5.15 Å². The number of hydrogen-bond acceptors (Lipinski definition) is 5. The largest absolute Gasteiger partial charge is 0.496 e. The highest BCUT2D eigenvalue weighted by Gasteiger charge is 2.28. The van der Waals surface area contributed by atoms with Crippen LogP contribution in [0.3, 0.4) is 0 Å². The number of amides is 1. The molecule has 7 heteroatoms. The molecule has 1 aliphatic rings. The van der Waals surface area contributed by atoms with Gasteiger partial charge < -0.3 is 15.0 Å². The average Bonchev–Trinajstić information content (AvgIpc) is 2.68. The number of carbonyl (C=O) groups is 1. The number of ether oxygens (including phenoxy) is 1. The van der Waals surface area contributed by atoms with Gasteiger partial charge in [0, 0.05) is 18.7 Å². The van der Waals surface area contributed by atoms with Crippen LogP contribution in [0, 0.1) is 12.8 Å². The van der Waals surface area contributed by atoms with E-state index in [0.29, 0.717) is 11.7 Å². The Morgan fingerprint density at radius 3 is 2.85 bits per heavy atom. The van der Waals surface area contributed by atoms with Crippen LogP contribution in [-0.4, -0.2) is 36.3 Å². The molecule has 1 fully saturated rings. The van der Waals surface area contributed by atoms with Crippen LogP contribution in [-0.2, 0) is 4.79 Å². The molecule has 0 spiro atoms. The van der Waals surface area contributed by atoms with Crippen molar-refractivity contribution >= 4 is 23.3 Å². The van der Waals surface area contributed by atoms with Crippen molar-refractivity contribution in [2.45, 2.75) is 32.7 Å². The minimum absolute atomic E-state index is 0.0534. The van der Waals surface area contributed by atoms with Gasteiger partial charge in [-0.15, -0.1) is 10.2 Å². The number of carbonyl (C=O) groups excluding carboxylic acids is 1. The van der Waals surface area contributed by atoms with Gasteiger partial charge in [-0.25, -0.2) is 0 Å². The molecule has 27 heavy (non-hydrogen) atoms. The molecular weight excluding hydrogens is 364 g/mol. The maximum Gasteiger partial charge on any atom is 0.225 e. The number of piperidine rings is 1. The lowest BCUT2D eigenvalue weighted by molar-refractivity contribution is -0.125. The number of anilines is 1. The second-order valence-electron chi connectivity index (χ2n) is 6.98. The van der Waals surface area contributed by atoms with Crippen molar-refractivity contribution in [3.8, 4) is 5.75 Å². The fourth-order valence-corrected chi connectivity index (χ4v) is 3.58. The van der Waals surface area contributed by atoms with E-state index < -0.39 is 0 Å². The average molecular weight is 389 g/mol. The number of halogens is 1. The van der Waals surface area contributed by atoms with Crippen molar-refractivity contribution in [1.29, 1.82) is 0 Å². The Hall–Kier alpha value is -2.34. The summed E-state index contributed by atoms with van der Waals surface area (Å²) >= 11 is 5.81. The summed E-state index contributed by atoms with van der Waals surface area (Å²) in [5, 5.41) is 11.5. The van der Waals surface area contributed by atoms with E-state index in [0.717, 1.165) is 42.1 Å². The molecule has 6 nitrogen and oxygen atoms in total. The molecule has 0 unspecified atom stereocenters. The van der Waals surface area contributed by atoms with Gasteiger partial charge in [-0.1, -0.05) is 29.3 Å². The van der Waals surface area contributed by atoms with Gasteiger partial charge in [0.15, 0.2) is 11.0 Å². The van der Waals surface area contributed by atoms with Crippen LogP contribution in [0.15, 0.2) is 30.3 Å². The summed E-state index contributed by atoms with van der Waals surface area (Å²) in [4.78, 5) is 15.0. The minimum atomic E-state index is -0.127. The zero-order valence-electron chi connectivity index (χ0n) is 15.9. The van der Waals surface area contributed by atoms with Crippen molar-refractivity contribution < 1.29 is 9.53 Å². The summed E-state index contributed by atoms with van der Waals surface area (Å²) in [6.07, 6.45) is 1.80. The van der Waals surface area contributed by atoms with Crippen molar-refractivity contribution in [3.05, 3.63) is 46.6 Å². The van der Waals surface area contributed by atoms with Crippen LogP contribution in [0.25, 0.3) is 0 Å². The van der Waals surface area contributed by atoms with Crippen LogP contribution in [0.4, 0.5) is 5.82 Å². The van der Waals surface area contributed by atoms with Gasteiger partial charge in [0.05, 0.1) is 19.1 Å². The highest BCUT2D eigenvalue weighted by molar-refractivity contribution is 6.29. The monoisotopic (exact) mass is 388 g/mol. The molecule has 1 aromatic heterocycles. The molecule has 1 aromatic carbocycles. The van der Waals surface area contributed by atoms with Gasteiger partial charge in [-0.05, 0) is 44.9 Å². The fraction of sp³-hybridized carbons (Fsp3) is 0.450. The Kier molecular flexibility index (Phi) is 6.16. The van der Waals surface area contributed by atoms with Crippen LogP contribution >= 0.6 is 11.6 Å². The summed E-state index contributed by atoms with van der Waals surface area (Å²) < 4.78 is 5.45. The first-order chi connectivity index (χ1) is 13.0. The summed E-state index contributed by atoms with van der Waals surface area (Å²) in [7, 11) is 1.65. The molecule has 2 heterocycles. The minimum Gasteiger partial charge on any atom is -0.496 e. The first kappa shape index (κ1) is 19.4. The first-order valence-corrected chi connectivity index (χ1v) is 9.55. The second kappa shape index (κ2) is 8.57. The van der Waals surface area contributed by atoms with Crippen molar-refractivity contribution in [2.24, 2.45) is 5.92 Å². The zero-order valence-corrected chi connectivity index (χ0v) is 16.7. The van der Waals surface area contributed by atoms with E-state index in [1.165, 1.54) is 0 Å². The summed E-state index contributed by atoms with van der Waals surface area (Å²) in [6, 6.07) is 9.44. The molecule has 0 aliphatic carbocycles. The van der Waals surface area contributed by atoms with Crippen molar-refractivity contribution in [2.75, 3.05) is 25.1 Å². The normalized spacial score (nSPS) is 18.1. The van der Waals surface area contributed by atoms with Gasteiger partial charge in [-0.2, -0.15) is 0 Å². The highest BCUT2D eigenvalue weighted by atomic mass is 35.5. The standard InChI is InChI=1S/C20H25ClN4O2/c1-13-6-7-17(27-3)16(11-13)14(2)22-20(26)15-5-4-10-25(12-15)19-9-8-18(21)23-24-19/h6-9,11,14-15H,4-5,10,12H2,1-3H3,(H,22,26)/t14-,15+/m0/s1. The van der Waals surface area contributed by atoms with Crippen LogP contribution in [0.5, 0.6) is 5.75 Å². The molecule has 0 saturated carbocycles. The first-order valence-electron chi connectivity index (χ1n) is 9.17. The van der Waals surface area contributed by atoms with Crippen LogP contribution < -0.4 is 15.0 Å². The number of methoxy groups -OCH3 is 1. The number of aromatic nitrogens is 2. The van der Waals surface area contributed by atoms with Crippen molar-refractivity contribution in [3.63, 3.8) is 0 Å². The highest BCUT2D eigenvalue weighted by Crippen LogP contribution is 2.27. The third-order valence-corrected chi connectivity index (χ3v) is 5.15. The van der Waals surface area contributed by atoms with E-state index in [1.54, 1.807) is 13.2 Å². The fourth-order valence-electron chi connectivity index (χ4n) is 3.48. The topological polar surface area (TPSA) is 67.3 Å². The lowest BCUT2D eigenvalue weighted by Gasteiger charge is -2.33. The van der Waals surface area contributed by atoms with E-state index in [2.05, 4.69) is 26.5 Å². The molecule has 1 amide bonds. The van der Waals surface area contributed by atoms with Gasteiger partial charge >= 0.3 is 0 Å². The predicted molar refractivity (Wildman–Crippen MR) is 106 cm³/mol. The molecular formula is C20H25ClN4O2. The number of nitrogens with zero attached hydrogens (tertiary/aromatic N) is 3. The Morgan fingerprint density at radius 2 is 2.15 bits per heavy atom. The number of rotatable bonds is 5.